The zero-order valence-corrected chi connectivity index (χ0v) is 12.3. The minimum absolute atomic E-state index is 0.479. The van der Waals surface area contributed by atoms with Crippen molar-refractivity contribution >= 4 is 6.16 Å². The van der Waals surface area contributed by atoms with Crippen molar-refractivity contribution in [3.05, 3.63) is 0 Å². The maximum absolute atomic E-state index is 10.8. The van der Waals surface area contributed by atoms with Crippen molar-refractivity contribution in [1.29, 1.82) is 0 Å². The molecule has 3 heteroatoms. The minimum atomic E-state index is -1.14. The van der Waals surface area contributed by atoms with E-state index in [9.17, 15) is 4.79 Å². The fourth-order valence-corrected chi connectivity index (χ4v) is 2.29. The number of unbranched alkanes of at least 4 members (excludes halogenated alkanes) is 6. The van der Waals surface area contributed by atoms with Gasteiger partial charge in [0.25, 0.3) is 0 Å². The van der Waals surface area contributed by atoms with Gasteiger partial charge in [-0.05, 0) is 32.6 Å². The van der Waals surface area contributed by atoms with Gasteiger partial charge in [-0.15, -0.1) is 0 Å². The molecule has 0 heterocycles. The molecule has 0 aliphatic rings. The standard InChI is InChI=1S/C15H30O3/c1-4-6-8-10-12-15(3,18-14(16)17)13-11-9-7-5-2/h4-13H2,1-3H3,(H,16,17). The zero-order valence-electron chi connectivity index (χ0n) is 12.3. The predicted molar refractivity (Wildman–Crippen MR) is 75.0 cm³/mol. The van der Waals surface area contributed by atoms with Crippen molar-refractivity contribution in [2.45, 2.75) is 90.6 Å². The van der Waals surface area contributed by atoms with Crippen LogP contribution < -0.4 is 0 Å². The molecular formula is C15H30O3. The van der Waals surface area contributed by atoms with Crippen LogP contribution >= 0.6 is 0 Å². The molecule has 0 aliphatic carbocycles. The highest BCUT2D eigenvalue weighted by Crippen LogP contribution is 2.26. The molecule has 0 amide bonds. The Labute approximate surface area is 112 Å². The lowest BCUT2D eigenvalue weighted by Crippen LogP contribution is -2.31. The molecule has 0 fully saturated rings. The van der Waals surface area contributed by atoms with Gasteiger partial charge in [0.05, 0.1) is 0 Å². The summed E-state index contributed by atoms with van der Waals surface area (Å²) in [6, 6.07) is 0. The van der Waals surface area contributed by atoms with Crippen LogP contribution in [0.3, 0.4) is 0 Å². The topological polar surface area (TPSA) is 46.5 Å². The average Bonchev–Trinajstić information content (AvgIpc) is 2.30. The van der Waals surface area contributed by atoms with E-state index in [0.717, 1.165) is 25.7 Å². The summed E-state index contributed by atoms with van der Waals surface area (Å²) < 4.78 is 5.11. The molecule has 0 saturated carbocycles. The molecule has 0 unspecified atom stereocenters. The lowest BCUT2D eigenvalue weighted by Gasteiger charge is -2.28. The van der Waals surface area contributed by atoms with Gasteiger partial charge in [-0.1, -0.05) is 52.4 Å². The number of rotatable bonds is 11. The summed E-state index contributed by atoms with van der Waals surface area (Å²) in [6.45, 7) is 6.30. The third kappa shape index (κ3) is 9.32. The molecular weight excluding hydrogens is 228 g/mol. The average molecular weight is 258 g/mol. The van der Waals surface area contributed by atoms with E-state index < -0.39 is 11.8 Å². The van der Waals surface area contributed by atoms with Crippen molar-refractivity contribution < 1.29 is 14.6 Å². The van der Waals surface area contributed by atoms with Crippen molar-refractivity contribution in [3.8, 4) is 0 Å². The van der Waals surface area contributed by atoms with E-state index >= 15 is 0 Å². The Morgan fingerprint density at radius 3 is 1.72 bits per heavy atom. The van der Waals surface area contributed by atoms with Gasteiger partial charge in [0.2, 0.25) is 0 Å². The van der Waals surface area contributed by atoms with Crippen LogP contribution in [0.2, 0.25) is 0 Å². The maximum Gasteiger partial charge on any atom is 0.506 e. The summed E-state index contributed by atoms with van der Waals surface area (Å²) >= 11 is 0. The SMILES string of the molecule is CCCCCCC(C)(CCCCCC)OC(=O)O. The fourth-order valence-electron chi connectivity index (χ4n) is 2.29. The Morgan fingerprint density at radius 1 is 0.944 bits per heavy atom. The van der Waals surface area contributed by atoms with E-state index in [0.29, 0.717) is 0 Å². The Kier molecular flexibility index (Phi) is 9.80. The van der Waals surface area contributed by atoms with Crippen LogP contribution in [0, 0.1) is 0 Å². The van der Waals surface area contributed by atoms with Gasteiger partial charge in [-0.25, -0.2) is 4.79 Å². The molecule has 0 saturated heterocycles. The molecule has 0 aliphatic heterocycles. The molecule has 18 heavy (non-hydrogen) atoms. The normalized spacial score (nSPS) is 11.5. The van der Waals surface area contributed by atoms with Crippen LogP contribution in [0.15, 0.2) is 0 Å². The molecule has 0 spiro atoms. The largest absolute Gasteiger partial charge is 0.506 e. The summed E-state index contributed by atoms with van der Waals surface area (Å²) in [4.78, 5) is 10.8. The molecule has 1 N–H and O–H groups in total. The summed E-state index contributed by atoms with van der Waals surface area (Å²) in [5.41, 5.74) is -0.479. The lowest BCUT2D eigenvalue weighted by molar-refractivity contribution is -0.0206. The predicted octanol–water partition coefficient (Wildman–Crippen LogP) is 5.38. The van der Waals surface area contributed by atoms with Crippen molar-refractivity contribution in [3.63, 3.8) is 0 Å². The van der Waals surface area contributed by atoms with E-state index in [4.69, 9.17) is 9.84 Å². The quantitative estimate of drug-likeness (QED) is 0.399. The first-order valence-corrected chi connectivity index (χ1v) is 7.46. The molecule has 3 nitrogen and oxygen atoms in total. The van der Waals surface area contributed by atoms with Crippen LogP contribution in [-0.4, -0.2) is 16.9 Å². The Bertz CT molecular complexity index is 202. The monoisotopic (exact) mass is 258 g/mol. The molecule has 0 bridgehead atoms. The van der Waals surface area contributed by atoms with Gasteiger partial charge < -0.3 is 9.84 Å². The van der Waals surface area contributed by atoms with Crippen LogP contribution in [0.4, 0.5) is 4.79 Å². The molecule has 0 rings (SSSR count). The Balaban J connectivity index is 4.03. The number of carboxylic acid groups (broad SMARTS) is 1. The maximum atomic E-state index is 10.8. The highest BCUT2D eigenvalue weighted by atomic mass is 16.7. The lowest BCUT2D eigenvalue weighted by atomic mass is 9.91. The molecule has 0 atom stereocenters. The van der Waals surface area contributed by atoms with E-state index in [-0.39, 0.29) is 0 Å². The van der Waals surface area contributed by atoms with Crippen LogP contribution in [0.5, 0.6) is 0 Å². The van der Waals surface area contributed by atoms with Gasteiger partial charge in [-0.3, -0.25) is 0 Å². The van der Waals surface area contributed by atoms with Crippen molar-refractivity contribution in [2.24, 2.45) is 0 Å². The van der Waals surface area contributed by atoms with Gasteiger partial charge in [-0.2, -0.15) is 0 Å². The second-order valence-corrected chi connectivity index (χ2v) is 5.44. The first-order chi connectivity index (χ1) is 8.54. The van der Waals surface area contributed by atoms with Crippen LogP contribution in [0.1, 0.15) is 85.0 Å². The number of hydrogen-bond donors (Lipinski definition) is 1. The first kappa shape index (κ1) is 17.3. The summed E-state index contributed by atoms with van der Waals surface area (Å²) in [7, 11) is 0. The Hall–Kier alpha value is -0.730. The molecule has 0 aromatic heterocycles. The summed E-state index contributed by atoms with van der Waals surface area (Å²) in [5.74, 6) is 0. The Morgan fingerprint density at radius 2 is 1.39 bits per heavy atom. The second-order valence-electron chi connectivity index (χ2n) is 5.44. The molecule has 108 valence electrons. The van der Waals surface area contributed by atoms with Crippen LogP contribution in [-0.2, 0) is 4.74 Å². The zero-order chi connectivity index (χ0) is 13.9. The smallest absolute Gasteiger partial charge is 0.450 e. The van der Waals surface area contributed by atoms with E-state index in [2.05, 4.69) is 13.8 Å². The number of carbonyl (C=O) groups is 1. The van der Waals surface area contributed by atoms with Gasteiger partial charge >= 0.3 is 6.16 Å². The van der Waals surface area contributed by atoms with Crippen LogP contribution in [0.25, 0.3) is 0 Å². The number of ether oxygens (including phenoxy) is 1. The highest BCUT2D eigenvalue weighted by molar-refractivity contribution is 5.57. The third-order valence-corrected chi connectivity index (χ3v) is 3.45. The first-order valence-electron chi connectivity index (χ1n) is 7.46. The van der Waals surface area contributed by atoms with Gasteiger partial charge in [0.15, 0.2) is 0 Å². The van der Waals surface area contributed by atoms with E-state index in [1.54, 1.807) is 0 Å². The molecule has 0 aromatic carbocycles. The van der Waals surface area contributed by atoms with Crippen molar-refractivity contribution in [2.75, 3.05) is 0 Å². The summed E-state index contributed by atoms with van der Waals surface area (Å²) in [5, 5.41) is 8.83. The second kappa shape index (κ2) is 10.2. The third-order valence-electron chi connectivity index (χ3n) is 3.45. The number of hydrogen-bond acceptors (Lipinski definition) is 2. The molecule has 0 radical (unpaired) electrons. The fraction of sp³-hybridized carbons (Fsp3) is 0.933. The summed E-state index contributed by atoms with van der Waals surface area (Å²) in [6.07, 6.45) is 9.88. The highest BCUT2D eigenvalue weighted by Gasteiger charge is 2.27. The minimum Gasteiger partial charge on any atom is -0.450 e. The van der Waals surface area contributed by atoms with Crippen molar-refractivity contribution in [1.82, 2.24) is 0 Å². The van der Waals surface area contributed by atoms with E-state index in [1.807, 2.05) is 6.92 Å². The van der Waals surface area contributed by atoms with E-state index in [1.165, 1.54) is 38.5 Å². The van der Waals surface area contributed by atoms with Gasteiger partial charge in [0.1, 0.15) is 5.60 Å². The molecule has 0 aromatic rings. The van der Waals surface area contributed by atoms with Gasteiger partial charge in [0, 0.05) is 0 Å².